The number of carboxylic acids is 1. The van der Waals surface area contributed by atoms with Gasteiger partial charge in [0.15, 0.2) is 0 Å². The monoisotopic (exact) mass is 291 g/mol. The lowest BCUT2D eigenvalue weighted by Crippen LogP contribution is -2.45. The summed E-state index contributed by atoms with van der Waals surface area (Å²) in [5.41, 5.74) is 0.360. The van der Waals surface area contributed by atoms with Gasteiger partial charge >= 0.3 is 5.97 Å². The van der Waals surface area contributed by atoms with Gasteiger partial charge in [-0.05, 0) is 31.9 Å². The summed E-state index contributed by atoms with van der Waals surface area (Å²) >= 11 is 0. The van der Waals surface area contributed by atoms with E-state index >= 15 is 0 Å². The van der Waals surface area contributed by atoms with Crippen LogP contribution in [0.4, 0.5) is 4.39 Å². The number of nitrogens with zero attached hydrogens (tertiary/aromatic N) is 1. The van der Waals surface area contributed by atoms with Crippen molar-refractivity contribution in [3.8, 4) is 0 Å². The Kier molecular flexibility index (Phi) is 4.73. The van der Waals surface area contributed by atoms with Gasteiger partial charge in [-0.15, -0.1) is 0 Å². The largest absolute Gasteiger partial charge is 0.481 e. The molecule has 1 aromatic carbocycles. The molecule has 0 bridgehead atoms. The lowest BCUT2D eigenvalue weighted by atomic mass is 9.91. The molecule has 1 amide bonds. The molecule has 1 aliphatic rings. The molecule has 1 saturated heterocycles. The van der Waals surface area contributed by atoms with Crippen LogP contribution in [0.15, 0.2) is 30.3 Å². The van der Waals surface area contributed by atoms with Crippen LogP contribution in [-0.4, -0.2) is 34.5 Å². The third kappa shape index (κ3) is 3.68. The Labute approximate surface area is 122 Å². The summed E-state index contributed by atoms with van der Waals surface area (Å²) in [6.45, 7) is 2.25. The average molecular weight is 291 g/mol. The number of rotatable bonds is 3. The van der Waals surface area contributed by atoms with Crippen LogP contribution in [-0.2, 0) is 9.59 Å². The molecule has 0 aliphatic carbocycles. The highest BCUT2D eigenvalue weighted by Gasteiger charge is 2.31. The normalized spacial score (nSPS) is 22.5. The topological polar surface area (TPSA) is 57.6 Å². The van der Waals surface area contributed by atoms with Crippen molar-refractivity contribution in [2.75, 3.05) is 6.54 Å². The van der Waals surface area contributed by atoms with E-state index < -0.39 is 5.97 Å². The number of benzene rings is 1. The van der Waals surface area contributed by atoms with Crippen molar-refractivity contribution in [1.82, 2.24) is 4.90 Å². The van der Waals surface area contributed by atoms with Gasteiger partial charge in [-0.3, -0.25) is 9.59 Å². The number of carboxylic acid groups (broad SMARTS) is 1. The summed E-state index contributed by atoms with van der Waals surface area (Å²) in [4.78, 5) is 24.7. The molecule has 2 atom stereocenters. The van der Waals surface area contributed by atoms with Crippen LogP contribution in [0.3, 0.4) is 0 Å². The van der Waals surface area contributed by atoms with Crippen molar-refractivity contribution in [3.63, 3.8) is 0 Å². The summed E-state index contributed by atoms with van der Waals surface area (Å²) in [7, 11) is 0. The Balaban J connectivity index is 2.01. The standard InChI is InChI=1S/C16H18FNO3/c1-11-10-13(16(20)21)8-9-18(11)15(19)7-6-12-4-2-3-5-14(12)17/h2-7,11,13H,8-10H2,1H3,(H,20,21)/b7-6+. The van der Waals surface area contributed by atoms with E-state index in [1.165, 1.54) is 18.2 Å². The zero-order chi connectivity index (χ0) is 15.4. The van der Waals surface area contributed by atoms with E-state index in [0.29, 0.717) is 24.9 Å². The zero-order valence-corrected chi connectivity index (χ0v) is 11.8. The van der Waals surface area contributed by atoms with Gasteiger partial charge in [0.2, 0.25) is 5.91 Å². The van der Waals surface area contributed by atoms with Crippen LogP contribution in [0.1, 0.15) is 25.3 Å². The maximum atomic E-state index is 13.5. The molecular weight excluding hydrogens is 273 g/mol. The summed E-state index contributed by atoms with van der Waals surface area (Å²) in [6.07, 6.45) is 3.71. The van der Waals surface area contributed by atoms with Crippen LogP contribution in [0.2, 0.25) is 0 Å². The van der Waals surface area contributed by atoms with E-state index in [1.807, 2.05) is 6.92 Å². The van der Waals surface area contributed by atoms with Crippen LogP contribution in [0.5, 0.6) is 0 Å². The SMILES string of the molecule is CC1CC(C(=O)O)CCN1C(=O)/C=C/c1ccccc1F. The molecular formula is C16H18FNO3. The fourth-order valence-corrected chi connectivity index (χ4v) is 2.59. The lowest BCUT2D eigenvalue weighted by Gasteiger charge is -2.35. The molecule has 1 aromatic rings. The minimum atomic E-state index is -0.809. The van der Waals surface area contributed by atoms with Gasteiger partial charge in [0.1, 0.15) is 5.82 Å². The van der Waals surface area contributed by atoms with Gasteiger partial charge in [-0.2, -0.15) is 0 Å². The van der Waals surface area contributed by atoms with Gasteiger partial charge in [0.05, 0.1) is 5.92 Å². The first kappa shape index (κ1) is 15.2. The molecule has 4 nitrogen and oxygen atoms in total. The highest BCUT2D eigenvalue weighted by Crippen LogP contribution is 2.23. The second-order valence-corrected chi connectivity index (χ2v) is 5.30. The van der Waals surface area contributed by atoms with Crippen molar-refractivity contribution < 1.29 is 19.1 Å². The van der Waals surface area contributed by atoms with Gasteiger partial charge in [-0.25, -0.2) is 4.39 Å². The Morgan fingerprint density at radius 2 is 2.10 bits per heavy atom. The molecule has 0 aromatic heterocycles. The number of carbonyl (C=O) groups excluding carboxylic acids is 1. The number of amides is 1. The molecule has 112 valence electrons. The molecule has 1 N–H and O–H groups in total. The number of halogens is 1. The fourth-order valence-electron chi connectivity index (χ4n) is 2.59. The number of piperidine rings is 1. The van der Waals surface area contributed by atoms with E-state index in [0.717, 1.165) is 0 Å². The number of aliphatic carboxylic acids is 1. The van der Waals surface area contributed by atoms with E-state index in [-0.39, 0.29) is 23.7 Å². The maximum Gasteiger partial charge on any atom is 0.306 e. The van der Waals surface area contributed by atoms with Gasteiger partial charge < -0.3 is 10.0 Å². The molecule has 2 unspecified atom stereocenters. The first-order valence-corrected chi connectivity index (χ1v) is 6.95. The second-order valence-electron chi connectivity index (χ2n) is 5.30. The third-order valence-electron chi connectivity index (χ3n) is 3.82. The highest BCUT2D eigenvalue weighted by atomic mass is 19.1. The number of hydrogen-bond acceptors (Lipinski definition) is 2. The van der Waals surface area contributed by atoms with Crippen LogP contribution in [0.25, 0.3) is 6.08 Å². The molecule has 1 aliphatic heterocycles. The zero-order valence-electron chi connectivity index (χ0n) is 11.8. The van der Waals surface area contributed by atoms with Crippen molar-refractivity contribution in [2.24, 2.45) is 5.92 Å². The molecule has 1 heterocycles. The van der Waals surface area contributed by atoms with E-state index in [9.17, 15) is 14.0 Å². The summed E-state index contributed by atoms with van der Waals surface area (Å²) in [5.74, 6) is -1.79. The van der Waals surface area contributed by atoms with Crippen LogP contribution >= 0.6 is 0 Å². The molecule has 0 spiro atoms. The molecule has 0 saturated carbocycles. The quantitative estimate of drug-likeness (QED) is 0.871. The number of hydrogen-bond donors (Lipinski definition) is 1. The summed E-state index contributed by atoms with van der Waals surface area (Å²) < 4.78 is 13.5. The first-order chi connectivity index (χ1) is 9.99. The Hall–Kier alpha value is -2.17. The Bertz CT molecular complexity index is 570. The minimum absolute atomic E-state index is 0.127. The average Bonchev–Trinajstić information content (AvgIpc) is 2.46. The Morgan fingerprint density at radius 3 is 2.71 bits per heavy atom. The van der Waals surface area contributed by atoms with Crippen molar-refractivity contribution in [1.29, 1.82) is 0 Å². The lowest BCUT2D eigenvalue weighted by molar-refractivity contribution is -0.146. The van der Waals surface area contributed by atoms with Crippen molar-refractivity contribution in [2.45, 2.75) is 25.8 Å². The van der Waals surface area contributed by atoms with E-state index in [4.69, 9.17) is 5.11 Å². The van der Waals surface area contributed by atoms with Crippen molar-refractivity contribution in [3.05, 3.63) is 41.7 Å². The maximum absolute atomic E-state index is 13.5. The first-order valence-electron chi connectivity index (χ1n) is 6.95. The summed E-state index contributed by atoms with van der Waals surface area (Å²) in [5, 5.41) is 9.00. The van der Waals surface area contributed by atoms with Crippen LogP contribution < -0.4 is 0 Å². The predicted molar refractivity (Wildman–Crippen MR) is 77.0 cm³/mol. The molecule has 2 rings (SSSR count). The van der Waals surface area contributed by atoms with E-state index in [2.05, 4.69) is 0 Å². The van der Waals surface area contributed by atoms with E-state index in [1.54, 1.807) is 23.1 Å². The number of carbonyl (C=O) groups is 2. The van der Waals surface area contributed by atoms with Gasteiger partial charge in [-0.1, -0.05) is 18.2 Å². The minimum Gasteiger partial charge on any atom is -0.481 e. The Morgan fingerprint density at radius 1 is 1.38 bits per heavy atom. The van der Waals surface area contributed by atoms with Gasteiger partial charge in [0.25, 0.3) is 0 Å². The fraction of sp³-hybridized carbons (Fsp3) is 0.375. The smallest absolute Gasteiger partial charge is 0.306 e. The van der Waals surface area contributed by atoms with Crippen LogP contribution in [0, 0.1) is 11.7 Å². The van der Waals surface area contributed by atoms with Gasteiger partial charge in [0, 0.05) is 24.2 Å². The molecule has 1 fully saturated rings. The molecule has 0 radical (unpaired) electrons. The molecule has 5 heteroatoms. The molecule has 21 heavy (non-hydrogen) atoms. The second kappa shape index (κ2) is 6.52. The summed E-state index contributed by atoms with van der Waals surface area (Å²) in [6, 6.07) is 6.10. The number of likely N-dealkylation sites (tertiary alicyclic amines) is 1. The highest BCUT2D eigenvalue weighted by molar-refractivity contribution is 5.92. The third-order valence-corrected chi connectivity index (χ3v) is 3.82. The van der Waals surface area contributed by atoms with Crippen molar-refractivity contribution >= 4 is 18.0 Å². The predicted octanol–water partition coefficient (Wildman–Crippen LogP) is 2.55.